The van der Waals surface area contributed by atoms with E-state index in [1.807, 2.05) is 58.0 Å². The van der Waals surface area contributed by atoms with E-state index in [-0.39, 0.29) is 0 Å². The van der Waals surface area contributed by atoms with Crippen LogP contribution in [0.15, 0.2) is 30.3 Å². The highest BCUT2D eigenvalue weighted by molar-refractivity contribution is 5.68. The summed E-state index contributed by atoms with van der Waals surface area (Å²) in [6.45, 7) is 12.1. The summed E-state index contributed by atoms with van der Waals surface area (Å²) in [4.78, 5) is 12.3. The van der Waals surface area contributed by atoms with Gasteiger partial charge in [0.05, 0.1) is 25.4 Å². The lowest BCUT2D eigenvalue weighted by atomic mass is 10.00. The van der Waals surface area contributed by atoms with Crippen LogP contribution in [0.5, 0.6) is 0 Å². The Morgan fingerprint density at radius 1 is 1.19 bits per heavy atom. The Morgan fingerprint density at radius 2 is 1.84 bits per heavy atom. The monoisotopic (exact) mass is 436 g/mol. The highest BCUT2D eigenvalue weighted by Gasteiger charge is 2.31. The summed E-state index contributed by atoms with van der Waals surface area (Å²) >= 11 is 0. The SMILES string of the molecule is CC(CCC1(C)OCCO1)CNCC(O)C(Cc1ccccc1)NC(=O)OC(C)(C)C. The first kappa shape index (κ1) is 25.6. The van der Waals surface area contributed by atoms with Gasteiger partial charge in [0, 0.05) is 13.0 Å². The van der Waals surface area contributed by atoms with Crippen molar-refractivity contribution in [2.24, 2.45) is 5.92 Å². The maximum absolute atomic E-state index is 12.3. The first-order valence-electron chi connectivity index (χ1n) is 11.3. The van der Waals surface area contributed by atoms with Gasteiger partial charge in [0.1, 0.15) is 5.60 Å². The highest BCUT2D eigenvalue weighted by atomic mass is 16.7. The molecule has 1 aromatic rings. The van der Waals surface area contributed by atoms with Gasteiger partial charge in [-0.1, -0.05) is 37.3 Å². The van der Waals surface area contributed by atoms with Gasteiger partial charge in [0.15, 0.2) is 5.79 Å². The molecule has 0 bridgehead atoms. The Bertz CT molecular complexity index is 656. The van der Waals surface area contributed by atoms with Crippen molar-refractivity contribution in [3.8, 4) is 0 Å². The molecule has 0 spiro atoms. The maximum Gasteiger partial charge on any atom is 0.407 e. The van der Waals surface area contributed by atoms with Crippen LogP contribution >= 0.6 is 0 Å². The molecule has 0 aromatic heterocycles. The van der Waals surface area contributed by atoms with Crippen molar-refractivity contribution < 1.29 is 24.1 Å². The van der Waals surface area contributed by atoms with Crippen molar-refractivity contribution in [1.29, 1.82) is 0 Å². The maximum atomic E-state index is 12.3. The topological polar surface area (TPSA) is 89.0 Å². The second-order valence-electron chi connectivity index (χ2n) is 9.64. The molecule has 7 nitrogen and oxygen atoms in total. The number of aliphatic hydroxyl groups is 1. The first-order chi connectivity index (χ1) is 14.6. The number of hydrogen-bond donors (Lipinski definition) is 3. The van der Waals surface area contributed by atoms with Crippen LogP contribution in [0.2, 0.25) is 0 Å². The molecule has 1 heterocycles. The van der Waals surface area contributed by atoms with E-state index >= 15 is 0 Å². The third-order valence-electron chi connectivity index (χ3n) is 5.30. The van der Waals surface area contributed by atoms with Crippen LogP contribution in [0, 0.1) is 5.92 Å². The lowest BCUT2D eigenvalue weighted by Crippen LogP contribution is -2.50. The van der Waals surface area contributed by atoms with Crippen molar-refractivity contribution in [2.45, 2.75) is 77.4 Å². The third kappa shape index (κ3) is 9.99. The molecule has 0 saturated carbocycles. The predicted octanol–water partition coefficient (Wildman–Crippen LogP) is 3.25. The number of rotatable bonds is 11. The molecule has 3 N–H and O–H groups in total. The predicted molar refractivity (Wildman–Crippen MR) is 121 cm³/mol. The number of nitrogens with one attached hydrogen (secondary N) is 2. The van der Waals surface area contributed by atoms with Gasteiger partial charge in [0.2, 0.25) is 0 Å². The minimum absolute atomic E-state index is 0.377. The van der Waals surface area contributed by atoms with Gasteiger partial charge in [-0.3, -0.25) is 0 Å². The fourth-order valence-electron chi connectivity index (χ4n) is 3.54. The van der Waals surface area contributed by atoms with E-state index in [1.54, 1.807) is 0 Å². The fraction of sp³-hybridized carbons (Fsp3) is 0.708. The van der Waals surface area contributed by atoms with Crippen LogP contribution in [0.3, 0.4) is 0 Å². The number of alkyl carbamates (subject to hydrolysis) is 1. The molecule has 1 aliphatic heterocycles. The second-order valence-corrected chi connectivity index (χ2v) is 9.64. The van der Waals surface area contributed by atoms with Crippen molar-refractivity contribution in [3.63, 3.8) is 0 Å². The molecule has 1 fully saturated rings. The Kier molecular flexibility index (Phi) is 9.75. The summed E-state index contributed by atoms with van der Waals surface area (Å²) in [6.07, 6.45) is 1.05. The van der Waals surface area contributed by atoms with E-state index in [9.17, 15) is 9.90 Å². The quantitative estimate of drug-likeness (QED) is 0.493. The minimum atomic E-state index is -0.751. The molecule has 2 rings (SSSR count). The molecule has 176 valence electrons. The standard InChI is InChI=1S/C24H40N2O5/c1-18(11-12-24(5)29-13-14-30-24)16-25-17-21(27)20(15-19-9-7-6-8-10-19)26-22(28)31-23(2,3)4/h6-10,18,20-21,25,27H,11-17H2,1-5H3,(H,26,28). The van der Waals surface area contributed by atoms with Crippen LogP contribution in [0.25, 0.3) is 0 Å². The molecular weight excluding hydrogens is 396 g/mol. The molecule has 1 saturated heterocycles. The van der Waals surface area contributed by atoms with Crippen LogP contribution in [0.4, 0.5) is 4.79 Å². The second kappa shape index (κ2) is 11.8. The van der Waals surface area contributed by atoms with Crippen molar-refractivity contribution in [3.05, 3.63) is 35.9 Å². The number of carbonyl (C=O) groups is 1. The average molecular weight is 437 g/mol. The third-order valence-corrected chi connectivity index (χ3v) is 5.30. The lowest BCUT2D eigenvalue weighted by Gasteiger charge is -2.28. The molecule has 1 aromatic carbocycles. The lowest BCUT2D eigenvalue weighted by molar-refractivity contribution is -0.148. The zero-order valence-corrected chi connectivity index (χ0v) is 19.6. The summed E-state index contributed by atoms with van der Waals surface area (Å²) in [6, 6.07) is 9.36. The molecule has 0 radical (unpaired) electrons. The van der Waals surface area contributed by atoms with Crippen LogP contribution in [0.1, 0.15) is 53.0 Å². The average Bonchev–Trinajstić information content (AvgIpc) is 3.12. The van der Waals surface area contributed by atoms with Gasteiger partial charge in [-0.05, 0) is 58.6 Å². The molecule has 31 heavy (non-hydrogen) atoms. The van der Waals surface area contributed by atoms with E-state index in [1.165, 1.54) is 0 Å². The number of carbonyl (C=O) groups excluding carboxylic acids is 1. The van der Waals surface area contributed by atoms with Gasteiger partial charge < -0.3 is 30.0 Å². The van der Waals surface area contributed by atoms with E-state index in [2.05, 4.69) is 17.6 Å². The summed E-state index contributed by atoms with van der Waals surface area (Å²) < 4.78 is 16.7. The first-order valence-corrected chi connectivity index (χ1v) is 11.3. The van der Waals surface area contributed by atoms with Gasteiger partial charge in [-0.15, -0.1) is 0 Å². The Labute approximate surface area is 186 Å². The molecule has 7 heteroatoms. The molecule has 1 aliphatic rings. The summed E-state index contributed by atoms with van der Waals surface area (Å²) in [5.41, 5.74) is 0.449. The Hall–Kier alpha value is -1.67. The van der Waals surface area contributed by atoms with Gasteiger partial charge >= 0.3 is 6.09 Å². The highest BCUT2D eigenvalue weighted by Crippen LogP contribution is 2.25. The minimum Gasteiger partial charge on any atom is -0.444 e. The molecule has 3 unspecified atom stereocenters. The Balaban J connectivity index is 1.83. The van der Waals surface area contributed by atoms with Gasteiger partial charge in [-0.2, -0.15) is 0 Å². The Morgan fingerprint density at radius 3 is 2.45 bits per heavy atom. The van der Waals surface area contributed by atoms with Crippen molar-refractivity contribution in [1.82, 2.24) is 10.6 Å². The van der Waals surface area contributed by atoms with E-state index in [0.717, 1.165) is 24.9 Å². The number of benzene rings is 1. The molecule has 1 amide bonds. The van der Waals surface area contributed by atoms with Crippen LogP contribution < -0.4 is 10.6 Å². The number of amides is 1. The summed E-state index contributed by atoms with van der Waals surface area (Å²) in [7, 11) is 0. The number of aliphatic hydroxyl groups excluding tert-OH is 1. The zero-order valence-electron chi connectivity index (χ0n) is 19.6. The normalized spacial score (nSPS) is 18.9. The van der Waals surface area contributed by atoms with Crippen molar-refractivity contribution >= 4 is 6.09 Å². The molecule has 3 atom stereocenters. The largest absolute Gasteiger partial charge is 0.444 e. The van der Waals surface area contributed by atoms with Crippen LogP contribution in [-0.2, 0) is 20.6 Å². The summed E-state index contributed by atoms with van der Waals surface area (Å²) in [5.74, 6) is -0.0606. The summed E-state index contributed by atoms with van der Waals surface area (Å²) in [5, 5.41) is 17.0. The molecular formula is C24H40N2O5. The van der Waals surface area contributed by atoms with Crippen molar-refractivity contribution in [2.75, 3.05) is 26.3 Å². The smallest absolute Gasteiger partial charge is 0.407 e. The van der Waals surface area contributed by atoms with E-state index < -0.39 is 29.6 Å². The van der Waals surface area contributed by atoms with Gasteiger partial charge in [0.25, 0.3) is 0 Å². The zero-order chi connectivity index (χ0) is 22.9. The number of hydrogen-bond acceptors (Lipinski definition) is 6. The van der Waals surface area contributed by atoms with E-state index in [4.69, 9.17) is 14.2 Å². The number of ether oxygens (including phenoxy) is 3. The molecule has 0 aliphatic carbocycles. The van der Waals surface area contributed by atoms with E-state index in [0.29, 0.717) is 32.1 Å². The van der Waals surface area contributed by atoms with Gasteiger partial charge in [-0.25, -0.2) is 4.79 Å². The van der Waals surface area contributed by atoms with Crippen LogP contribution in [-0.4, -0.2) is 61.0 Å². The fourth-order valence-corrected chi connectivity index (χ4v) is 3.54.